The van der Waals surface area contributed by atoms with E-state index < -0.39 is 66.2 Å². The zero-order chi connectivity index (χ0) is 44.5. The molecule has 4 amide bonds. The minimum Gasteiger partial charge on any atom is -0.480 e. The number of fused-ring (bicyclic) bond motifs is 1. The SMILES string of the molecule is [N-]=[N+]=Nc1ccc(C(=O)NCCCC[C@H](N)C(=O)N(C(=O)CC[C@H](NC(=O)c2ccc(NCc3cnc4nc(N)[nH]c(=O)c4n3)cc2)C(=O)O)[C@H](CCCCN)C(=O)O)cc1. The third kappa shape index (κ3) is 13.5. The smallest absolute Gasteiger partial charge is 0.326 e. The zero-order valence-corrected chi connectivity index (χ0v) is 32.8. The van der Waals surface area contributed by atoms with Crippen molar-refractivity contribution in [1.82, 2.24) is 35.5 Å². The molecule has 0 radical (unpaired) electrons. The zero-order valence-electron chi connectivity index (χ0n) is 32.8. The highest BCUT2D eigenvalue weighted by Crippen LogP contribution is 2.18. The van der Waals surface area contributed by atoms with Crippen LogP contribution < -0.4 is 38.7 Å². The summed E-state index contributed by atoms with van der Waals surface area (Å²) in [6.07, 6.45) is 1.59. The van der Waals surface area contributed by atoms with Crippen LogP contribution in [-0.4, -0.2) is 102 Å². The third-order valence-corrected chi connectivity index (χ3v) is 9.23. The van der Waals surface area contributed by atoms with E-state index in [1.807, 2.05) is 0 Å². The Kier molecular flexibility index (Phi) is 17.1. The number of carboxylic acid groups (broad SMARTS) is 2. The third-order valence-electron chi connectivity index (χ3n) is 9.23. The lowest BCUT2D eigenvalue weighted by atomic mass is 10.0. The van der Waals surface area contributed by atoms with Crippen LogP contribution in [-0.2, 0) is 25.7 Å². The number of nitrogen functional groups attached to an aromatic ring is 1. The number of nitrogens with one attached hydrogen (secondary N) is 4. The molecule has 0 spiro atoms. The van der Waals surface area contributed by atoms with Gasteiger partial charge in [-0.3, -0.25) is 33.9 Å². The number of amides is 4. The van der Waals surface area contributed by atoms with Gasteiger partial charge in [-0.2, -0.15) is 4.98 Å². The second kappa shape index (κ2) is 22.6. The molecule has 2 aromatic heterocycles. The maximum Gasteiger partial charge on any atom is 0.326 e. The quantitative estimate of drug-likeness (QED) is 0.0222. The maximum absolute atomic E-state index is 13.6. The Balaban J connectivity index is 1.34. The standard InChI is InChI=1S/C38H46N14O9/c39-17-3-1-6-28(37(60)61)52(35(57)26(40)5-2-4-18-43-32(54)21-9-13-24(14-10-21)50-51-42)29(53)16-15-27(36(58)59)47-33(55)22-7-11-23(12-8-22)44-19-25-20-45-31-30(46-25)34(56)49-38(41)48-31/h7-14,20,26-28,44H,1-6,15-19,39-40H2,(H,43,54)(H,47,55)(H,58,59)(H,60,61)(H3,41,45,48,49,56)/t26-,27-,28+/m0/s1. The Morgan fingerprint density at radius 1 is 0.885 bits per heavy atom. The highest BCUT2D eigenvalue weighted by molar-refractivity contribution is 6.02. The number of carbonyl (C=O) groups is 6. The number of aromatic amines is 1. The van der Waals surface area contributed by atoms with E-state index in [0.717, 1.165) is 0 Å². The number of carboxylic acids is 2. The molecule has 23 nitrogen and oxygen atoms in total. The van der Waals surface area contributed by atoms with Gasteiger partial charge in [-0.15, -0.1) is 0 Å². The Morgan fingerprint density at radius 3 is 2.21 bits per heavy atom. The van der Waals surface area contributed by atoms with Gasteiger partial charge in [-0.05, 0) is 93.4 Å². The molecule has 0 aliphatic carbocycles. The van der Waals surface area contributed by atoms with Crippen molar-refractivity contribution in [2.24, 2.45) is 16.6 Å². The number of carbonyl (C=O) groups excluding carboxylic acids is 4. The first-order valence-corrected chi connectivity index (χ1v) is 19.1. The van der Waals surface area contributed by atoms with Crippen LogP contribution in [0.5, 0.6) is 0 Å². The summed E-state index contributed by atoms with van der Waals surface area (Å²) >= 11 is 0. The number of nitrogens with zero attached hydrogens (tertiary/aromatic N) is 7. The summed E-state index contributed by atoms with van der Waals surface area (Å²) < 4.78 is 0. The van der Waals surface area contributed by atoms with E-state index in [4.69, 9.17) is 22.7 Å². The largest absolute Gasteiger partial charge is 0.480 e. The van der Waals surface area contributed by atoms with Crippen molar-refractivity contribution in [1.29, 1.82) is 0 Å². The number of azide groups is 1. The number of hydrogen-bond donors (Lipinski definition) is 9. The summed E-state index contributed by atoms with van der Waals surface area (Å²) in [7, 11) is 0. The van der Waals surface area contributed by atoms with E-state index in [0.29, 0.717) is 46.8 Å². The van der Waals surface area contributed by atoms with Gasteiger partial charge in [0.25, 0.3) is 17.4 Å². The van der Waals surface area contributed by atoms with Crippen LogP contribution in [0.15, 0.2) is 64.6 Å². The number of hydrogen-bond acceptors (Lipinski definition) is 15. The Labute approximate surface area is 347 Å². The molecule has 4 rings (SSSR count). The van der Waals surface area contributed by atoms with Gasteiger partial charge < -0.3 is 43.4 Å². The number of benzene rings is 2. The molecule has 0 aliphatic heterocycles. The van der Waals surface area contributed by atoms with Gasteiger partial charge >= 0.3 is 11.9 Å². The summed E-state index contributed by atoms with van der Waals surface area (Å²) in [5.41, 5.74) is 27.1. The van der Waals surface area contributed by atoms with Crippen LogP contribution in [0.4, 0.5) is 17.3 Å². The van der Waals surface area contributed by atoms with Crippen LogP contribution in [0.3, 0.4) is 0 Å². The van der Waals surface area contributed by atoms with Gasteiger partial charge in [-0.1, -0.05) is 17.2 Å². The van der Waals surface area contributed by atoms with E-state index in [2.05, 4.69) is 45.9 Å². The Bertz CT molecular complexity index is 2320. The number of unbranched alkanes of at least 4 members (excludes halogenated alkanes) is 2. The molecule has 0 aliphatic rings. The van der Waals surface area contributed by atoms with Crippen LogP contribution in [0.1, 0.15) is 77.8 Å². The van der Waals surface area contributed by atoms with E-state index in [1.54, 1.807) is 12.1 Å². The lowest BCUT2D eigenvalue weighted by molar-refractivity contribution is -0.159. The van der Waals surface area contributed by atoms with Crippen molar-refractivity contribution in [3.05, 3.63) is 92.3 Å². The molecule has 2 heterocycles. The molecule has 61 heavy (non-hydrogen) atoms. The predicted octanol–water partition coefficient (Wildman–Crippen LogP) is 1.68. The normalized spacial score (nSPS) is 12.3. The van der Waals surface area contributed by atoms with Crippen molar-refractivity contribution in [2.75, 3.05) is 24.1 Å². The molecule has 0 saturated heterocycles. The molecule has 322 valence electrons. The fraction of sp³-hybridized carbons (Fsp3) is 0.368. The highest BCUT2D eigenvalue weighted by atomic mass is 16.4. The molecule has 0 unspecified atom stereocenters. The number of aromatic nitrogens is 4. The van der Waals surface area contributed by atoms with E-state index >= 15 is 0 Å². The molecule has 4 aromatic rings. The number of H-pyrrole nitrogens is 1. The van der Waals surface area contributed by atoms with Crippen molar-refractivity contribution in [3.8, 4) is 0 Å². The van der Waals surface area contributed by atoms with E-state index in [-0.39, 0.29) is 67.5 Å². The second-order valence-electron chi connectivity index (χ2n) is 13.7. The molecular formula is C38H46N14O9. The first kappa shape index (κ1) is 46.2. The minimum atomic E-state index is -1.61. The topological polar surface area (TPSA) is 381 Å². The van der Waals surface area contributed by atoms with Crippen molar-refractivity contribution in [2.45, 2.75) is 76.0 Å². The highest BCUT2D eigenvalue weighted by Gasteiger charge is 2.37. The Morgan fingerprint density at radius 2 is 1.56 bits per heavy atom. The van der Waals surface area contributed by atoms with Gasteiger partial charge in [-0.25, -0.2) is 19.6 Å². The average Bonchev–Trinajstić information content (AvgIpc) is 3.23. The minimum absolute atomic E-state index is 0.00392. The van der Waals surface area contributed by atoms with Crippen LogP contribution in [0, 0.1) is 0 Å². The van der Waals surface area contributed by atoms with Gasteiger partial charge in [0, 0.05) is 40.4 Å². The summed E-state index contributed by atoms with van der Waals surface area (Å²) in [6.45, 7) is 0.595. The molecule has 0 saturated carbocycles. The summed E-state index contributed by atoms with van der Waals surface area (Å²) in [5.74, 6) is -6.16. The fourth-order valence-corrected chi connectivity index (χ4v) is 6.00. The van der Waals surface area contributed by atoms with Crippen molar-refractivity contribution in [3.63, 3.8) is 0 Å². The van der Waals surface area contributed by atoms with Crippen LogP contribution >= 0.6 is 0 Å². The summed E-state index contributed by atoms with van der Waals surface area (Å²) in [6, 6.07) is 7.38. The number of rotatable bonds is 23. The Hall–Kier alpha value is -7.49. The van der Waals surface area contributed by atoms with Gasteiger partial charge in [0.2, 0.25) is 17.8 Å². The van der Waals surface area contributed by atoms with Crippen LogP contribution in [0.25, 0.3) is 21.6 Å². The lowest BCUT2D eigenvalue weighted by Gasteiger charge is -2.30. The van der Waals surface area contributed by atoms with Gasteiger partial charge in [0.05, 0.1) is 24.5 Å². The summed E-state index contributed by atoms with van der Waals surface area (Å²) in [4.78, 5) is 107. The van der Waals surface area contributed by atoms with Crippen LogP contribution in [0.2, 0.25) is 0 Å². The van der Waals surface area contributed by atoms with Crippen molar-refractivity contribution < 1.29 is 39.0 Å². The molecule has 2 aromatic carbocycles. The molecule has 0 fully saturated rings. The maximum atomic E-state index is 13.6. The first-order valence-electron chi connectivity index (χ1n) is 19.1. The van der Waals surface area contributed by atoms with Crippen molar-refractivity contribution >= 4 is 64.1 Å². The monoisotopic (exact) mass is 842 g/mol. The molecule has 12 N–H and O–H groups in total. The molecule has 3 atom stereocenters. The molecule has 0 bridgehead atoms. The van der Waals surface area contributed by atoms with Gasteiger partial charge in [0.1, 0.15) is 12.1 Å². The molecule has 23 heteroatoms. The van der Waals surface area contributed by atoms with Gasteiger partial charge in [0.15, 0.2) is 11.2 Å². The van der Waals surface area contributed by atoms with E-state index in [1.165, 1.54) is 42.6 Å². The number of imide groups is 1. The number of anilines is 2. The average molecular weight is 843 g/mol. The molecular weight excluding hydrogens is 797 g/mol. The number of nitrogens with two attached hydrogens (primary N) is 3. The summed E-state index contributed by atoms with van der Waals surface area (Å²) in [5, 5.41) is 31.6. The first-order chi connectivity index (χ1) is 29.2. The predicted molar refractivity (Wildman–Crippen MR) is 220 cm³/mol. The fourth-order valence-electron chi connectivity index (χ4n) is 6.00. The second-order valence-corrected chi connectivity index (χ2v) is 13.7. The lowest BCUT2D eigenvalue weighted by Crippen LogP contribution is -2.54. The van der Waals surface area contributed by atoms with E-state index in [9.17, 15) is 43.8 Å². The number of aliphatic carboxylic acids is 2.